The average Bonchev–Trinajstić information content (AvgIpc) is 2.83. The molecule has 1 unspecified atom stereocenters. The van der Waals surface area contributed by atoms with Gasteiger partial charge in [-0.15, -0.1) is 0 Å². The smallest absolute Gasteiger partial charge is 0.237 e. The molecular formula is C25H34N2O4. The van der Waals surface area contributed by atoms with Crippen molar-refractivity contribution in [2.75, 3.05) is 32.8 Å². The monoisotopic (exact) mass is 426 g/mol. The maximum absolute atomic E-state index is 13.0. The quantitative estimate of drug-likeness (QED) is 0.531. The van der Waals surface area contributed by atoms with Gasteiger partial charge in [-0.25, -0.2) is 0 Å². The van der Waals surface area contributed by atoms with Crippen LogP contribution >= 0.6 is 0 Å². The number of ketones is 1. The second kappa shape index (κ2) is 10.3. The van der Waals surface area contributed by atoms with Gasteiger partial charge in [-0.2, -0.15) is 0 Å². The summed E-state index contributed by atoms with van der Waals surface area (Å²) < 4.78 is 11.2. The van der Waals surface area contributed by atoms with Gasteiger partial charge >= 0.3 is 0 Å². The minimum atomic E-state index is -0.161. The molecule has 6 heteroatoms. The summed E-state index contributed by atoms with van der Waals surface area (Å²) in [5.74, 6) is 1.61. The van der Waals surface area contributed by atoms with Crippen LogP contribution in [0, 0.1) is 5.92 Å². The van der Waals surface area contributed by atoms with E-state index in [1.807, 2.05) is 19.1 Å². The summed E-state index contributed by atoms with van der Waals surface area (Å²) in [7, 11) is 0. The van der Waals surface area contributed by atoms with Crippen molar-refractivity contribution >= 4 is 11.7 Å². The van der Waals surface area contributed by atoms with E-state index >= 15 is 0 Å². The van der Waals surface area contributed by atoms with Crippen molar-refractivity contribution in [3.8, 4) is 11.5 Å². The van der Waals surface area contributed by atoms with E-state index in [2.05, 4.69) is 16.3 Å². The molecule has 168 valence electrons. The van der Waals surface area contributed by atoms with Crippen LogP contribution in [0.3, 0.4) is 0 Å². The summed E-state index contributed by atoms with van der Waals surface area (Å²) >= 11 is 0. The highest BCUT2D eigenvalue weighted by Gasteiger charge is 2.30. The van der Waals surface area contributed by atoms with Crippen LogP contribution in [0.2, 0.25) is 0 Å². The van der Waals surface area contributed by atoms with Crippen LogP contribution in [0.4, 0.5) is 0 Å². The van der Waals surface area contributed by atoms with Gasteiger partial charge in [-0.3, -0.25) is 14.5 Å². The SMILES string of the molecule is CC(C(=O)NCCC1=CCCCC1)N1CCC(C(=O)c2ccc3c(c2)OCCO3)CC1. The Labute approximate surface area is 185 Å². The Balaban J connectivity index is 1.23. The molecule has 3 aliphatic rings. The number of carbonyl (C=O) groups excluding carboxylic acids is 2. The Morgan fingerprint density at radius 3 is 2.65 bits per heavy atom. The predicted octanol–water partition coefficient (Wildman–Crippen LogP) is 3.75. The van der Waals surface area contributed by atoms with Gasteiger partial charge in [0.25, 0.3) is 0 Å². The summed E-state index contributed by atoms with van der Waals surface area (Å²) in [6, 6.07) is 5.30. The standard InChI is InChI=1S/C25H34N2O4/c1-18(25(29)26-12-9-19-5-3-2-4-6-19)27-13-10-20(11-14-27)24(28)21-7-8-22-23(17-21)31-16-15-30-22/h5,7-8,17-18,20H,2-4,6,9-16H2,1H3,(H,26,29). The lowest BCUT2D eigenvalue weighted by molar-refractivity contribution is -0.126. The number of carbonyl (C=O) groups is 2. The van der Waals surface area contributed by atoms with Crippen molar-refractivity contribution in [3.05, 3.63) is 35.4 Å². The highest BCUT2D eigenvalue weighted by Crippen LogP contribution is 2.32. The third kappa shape index (κ3) is 5.48. The highest BCUT2D eigenvalue weighted by atomic mass is 16.6. The Bertz CT molecular complexity index is 827. The first kappa shape index (κ1) is 21.9. The van der Waals surface area contributed by atoms with Crippen molar-refractivity contribution in [1.82, 2.24) is 10.2 Å². The largest absolute Gasteiger partial charge is 0.486 e. The van der Waals surface area contributed by atoms with Gasteiger partial charge in [0, 0.05) is 18.0 Å². The molecule has 6 nitrogen and oxygen atoms in total. The Kier molecular flexibility index (Phi) is 7.28. The van der Waals surface area contributed by atoms with Crippen molar-refractivity contribution in [2.45, 2.75) is 57.9 Å². The molecular weight excluding hydrogens is 392 g/mol. The molecule has 0 aromatic heterocycles. The number of allylic oxidation sites excluding steroid dienone is 1. The van der Waals surface area contributed by atoms with Gasteiger partial charge in [0.05, 0.1) is 6.04 Å². The number of amides is 1. The number of fused-ring (bicyclic) bond motifs is 1. The van der Waals surface area contributed by atoms with Crippen LogP contribution < -0.4 is 14.8 Å². The van der Waals surface area contributed by atoms with Gasteiger partial charge < -0.3 is 14.8 Å². The molecule has 1 aromatic rings. The molecule has 2 aliphatic heterocycles. The maximum Gasteiger partial charge on any atom is 0.237 e. The van der Waals surface area contributed by atoms with E-state index < -0.39 is 0 Å². The van der Waals surface area contributed by atoms with E-state index in [-0.39, 0.29) is 23.7 Å². The molecule has 2 heterocycles. The van der Waals surface area contributed by atoms with Crippen LogP contribution in [0.5, 0.6) is 11.5 Å². The van der Waals surface area contributed by atoms with Gasteiger partial charge in [0.2, 0.25) is 5.91 Å². The fourth-order valence-corrected chi connectivity index (χ4v) is 4.77. The number of ether oxygens (including phenoxy) is 2. The first-order valence-corrected chi connectivity index (χ1v) is 11.8. The van der Waals surface area contributed by atoms with Crippen LogP contribution in [0.1, 0.15) is 62.2 Å². The van der Waals surface area contributed by atoms with Crippen molar-refractivity contribution in [2.24, 2.45) is 5.92 Å². The second-order valence-corrected chi connectivity index (χ2v) is 8.86. The zero-order valence-electron chi connectivity index (χ0n) is 18.5. The minimum Gasteiger partial charge on any atom is -0.486 e. The van der Waals surface area contributed by atoms with E-state index in [4.69, 9.17) is 9.47 Å². The molecule has 0 bridgehead atoms. The number of hydrogen-bond acceptors (Lipinski definition) is 5. The molecule has 1 aromatic carbocycles. The fraction of sp³-hybridized carbons (Fsp3) is 0.600. The minimum absolute atomic E-state index is 0.00712. The van der Waals surface area contributed by atoms with Crippen molar-refractivity contribution in [3.63, 3.8) is 0 Å². The number of hydrogen-bond donors (Lipinski definition) is 1. The van der Waals surface area contributed by atoms with Gasteiger partial charge in [0.1, 0.15) is 13.2 Å². The molecule has 0 saturated carbocycles. The zero-order valence-corrected chi connectivity index (χ0v) is 18.5. The number of likely N-dealkylation sites (tertiary alicyclic amines) is 1. The van der Waals surface area contributed by atoms with Gasteiger partial charge in [-0.05, 0) is 83.2 Å². The molecule has 1 aliphatic carbocycles. The summed E-state index contributed by atoms with van der Waals surface area (Å²) in [6.07, 6.45) is 9.77. The lowest BCUT2D eigenvalue weighted by atomic mass is 9.88. The number of rotatable bonds is 7. The number of Topliss-reactive ketones (excluding diaryl/α,β-unsaturated/α-hetero) is 1. The van der Waals surface area contributed by atoms with Crippen LogP contribution in [-0.4, -0.2) is 55.5 Å². The third-order valence-corrected chi connectivity index (χ3v) is 6.78. The number of piperidine rings is 1. The highest BCUT2D eigenvalue weighted by molar-refractivity contribution is 5.98. The summed E-state index contributed by atoms with van der Waals surface area (Å²) in [5, 5.41) is 3.10. The molecule has 4 rings (SSSR count). The van der Waals surface area contributed by atoms with E-state index in [9.17, 15) is 9.59 Å². The molecule has 31 heavy (non-hydrogen) atoms. The summed E-state index contributed by atoms with van der Waals surface area (Å²) in [6.45, 7) is 5.27. The van der Waals surface area contributed by atoms with E-state index in [1.54, 1.807) is 6.07 Å². The first-order valence-electron chi connectivity index (χ1n) is 11.8. The molecule has 0 radical (unpaired) electrons. The third-order valence-electron chi connectivity index (χ3n) is 6.78. The summed E-state index contributed by atoms with van der Waals surface area (Å²) in [5.41, 5.74) is 2.17. The normalized spacial score (nSPS) is 20.6. The lowest BCUT2D eigenvalue weighted by Crippen LogP contribution is -2.49. The summed E-state index contributed by atoms with van der Waals surface area (Å²) in [4.78, 5) is 27.8. The molecule has 1 fully saturated rings. The molecule has 1 amide bonds. The number of nitrogens with zero attached hydrogens (tertiary/aromatic N) is 1. The number of benzene rings is 1. The first-order chi connectivity index (χ1) is 15.1. The van der Waals surface area contributed by atoms with Crippen molar-refractivity contribution < 1.29 is 19.1 Å². The Morgan fingerprint density at radius 2 is 1.90 bits per heavy atom. The second-order valence-electron chi connectivity index (χ2n) is 8.86. The Hall–Kier alpha value is -2.34. The maximum atomic E-state index is 13.0. The van der Waals surface area contributed by atoms with Gasteiger partial charge in [-0.1, -0.05) is 11.6 Å². The molecule has 1 atom stereocenters. The lowest BCUT2D eigenvalue weighted by Gasteiger charge is -2.35. The Morgan fingerprint density at radius 1 is 1.13 bits per heavy atom. The van der Waals surface area contributed by atoms with Crippen molar-refractivity contribution in [1.29, 1.82) is 0 Å². The molecule has 0 spiro atoms. The average molecular weight is 427 g/mol. The van der Waals surface area contributed by atoms with Crippen LogP contribution in [0.25, 0.3) is 0 Å². The van der Waals surface area contributed by atoms with E-state index in [0.29, 0.717) is 36.8 Å². The van der Waals surface area contributed by atoms with Crippen LogP contribution in [-0.2, 0) is 4.79 Å². The molecule has 1 N–H and O–H groups in total. The number of nitrogens with one attached hydrogen (secondary N) is 1. The topological polar surface area (TPSA) is 67.9 Å². The zero-order chi connectivity index (χ0) is 21.6. The van der Waals surface area contributed by atoms with E-state index in [0.717, 1.165) is 32.4 Å². The van der Waals surface area contributed by atoms with Gasteiger partial charge in [0.15, 0.2) is 17.3 Å². The van der Waals surface area contributed by atoms with Crippen LogP contribution in [0.15, 0.2) is 29.8 Å². The van der Waals surface area contributed by atoms with E-state index in [1.165, 1.54) is 31.3 Å². The molecule has 1 saturated heterocycles. The predicted molar refractivity (Wildman–Crippen MR) is 120 cm³/mol. The fourth-order valence-electron chi connectivity index (χ4n) is 4.77.